The normalized spacial score (nSPS) is 17.4. The molecule has 1 aromatic carbocycles. The van der Waals surface area contributed by atoms with E-state index in [1.54, 1.807) is 0 Å². The number of benzene rings is 1. The Bertz CT molecular complexity index is 800. The van der Waals surface area contributed by atoms with Crippen molar-refractivity contribution in [1.29, 1.82) is 0 Å². The summed E-state index contributed by atoms with van der Waals surface area (Å²) in [7, 11) is 0. The Morgan fingerprint density at radius 2 is 2.08 bits per heavy atom. The van der Waals surface area contributed by atoms with Crippen LogP contribution >= 0.6 is 36.2 Å². The average Bonchev–Trinajstić information content (AvgIpc) is 2.73. The first-order valence-corrected chi connectivity index (χ1v) is 9.15. The van der Waals surface area contributed by atoms with E-state index in [0.29, 0.717) is 6.04 Å². The van der Waals surface area contributed by atoms with Crippen LogP contribution in [0.5, 0.6) is 0 Å². The topological polar surface area (TPSA) is 24.0 Å². The lowest BCUT2D eigenvalue weighted by Crippen LogP contribution is -2.34. The first-order valence-electron chi connectivity index (χ1n) is 8.36. The summed E-state index contributed by atoms with van der Waals surface area (Å²) in [5.74, 6) is 0. The van der Waals surface area contributed by atoms with Crippen LogP contribution < -0.4 is 0 Å². The van der Waals surface area contributed by atoms with Crippen molar-refractivity contribution in [3.05, 3.63) is 39.1 Å². The molecular formula is C18H25Cl2N3S. The molecule has 1 aromatic heterocycles. The van der Waals surface area contributed by atoms with Gasteiger partial charge in [-0.25, -0.2) is 0 Å². The van der Waals surface area contributed by atoms with E-state index >= 15 is 0 Å². The van der Waals surface area contributed by atoms with Gasteiger partial charge in [0.15, 0.2) is 4.77 Å². The first-order chi connectivity index (χ1) is 11.0. The van der Waals surface area contributed by atoms with E-state index in [1.807, 2.05) is 6.07 Å². The summed E-state index contributed by atoms with van der Waals surface area (Å²) in [6, 6.07) is 4.48. The second-order valence-corrected chi connectivity index (χ2v) is 7.17. The van der Waals surface area contributed by atoms with Crippen LogP contribution in [0.4, 0.5) is 0 Å². The Labute approximate surface area is 160 Å². The van der Waals surface area contributed by atoms with Crippen molar-refractivity contribution in [3.63, 3.8) is 0 Å². The molecule has 6 heteroatoms. The molecule has 0 fully saturated rings. The Hall–Kier alpha value is -0.810. The van der Waals surface area contributed by atoms with E-state index in [4.69, 9.17) is 23.8 Å². The summed E-state index contributed by atoms with van der Waals surface area (Å²) in [6.07, 6.45) is 4.65. The molecule has 0 saturated heterocycles. The number of rotatable bonds is 4. The van der Waals surface area contributed by atoms with Gasteiger partial charge in [-0.2, -0.15) is 0 Å². The predicted octanol–water partition coefficient (Wildman–Crippen LogP) is 5.72. The molecule has 1 atom stereocenters. The smallest absolute Gasteiger partial charge is 0.178 e. The number of H-pyrrole nitrogens is 1. The van der Waals surface area contributed by atoms with Crippen LogP contribution in [-0.4, -0.2) is 27.0 Å². The number of hydrogen-bond acceptors (Lipinski definition) is 2. The second-order valence-electron chi connectivity index (χ2n) is 6.35. The van der Waals surface area contributed by atoms with Crippen LogP contribution in [0, 0.1) is 4.77 Å². The molecule has 24 heavy (non-hydrogen) atoms. The molecule has 0 spiro atoms. The summed E-state index contributed by atoms with van der Waals surface area (Å²) >= 11 is 11.8. The van der Waals surface area contributed by atoms with Gasteiger partial charge in [-0.3, -0.25) is 4.90 Å². The largest absolute Gasteiger partial charge is 0.331 e. The fraction of sp³-hybridized carbons (Fsp3) is 0.500. The highest BCUT2D eigenvalue weighted by atomic mass is 35.5. The third kappa shape index (κ3) is 3.72. The van der Waals surface area contributed by atoms with Gasteiger partial charge >= 0.3 is 0 Å². The van der Waals surface area contributed by atoms with Crippen LogP contribution in [0.15, 0.2) is 23.8 Å². The molecule has 0 saturated carbocycles. The van der Waals surface area contributed by atoms with Gasteiger partial charge in [-0.05, 0) is 49.7 Å². The highest BCUT2D eigenvalue weighted by molar-refractivity contribution is 7.71. The molecule has 1 aliphatic heterocycles. The van der Waals surface area contributed by atoms with Crippen molar-refractivity contribution in [2.45, 2.75) is 52.7 Å². The molecule has 2 aromatic rings. The molecule has 0 unspecified atom stereocenters. The van der Waals surface area contributed by atoms with Gasteiger partial charge in [0.2, 0.25) is 0 Å². The van der Waals surface area contributed by atoms with Crippen molar-refractivity contribution >= 4 is 47.3 Å². The van der Waals surface area contributed by atoms with Gasteiger partial charge in [0, 0.05) is 30.7 Å². The lowest BCUT2D eigenvalue weighted by atomic mass is 10.1. The minimum atomic E-state index is 0. The maximum Gasteiger partial charge on any atom is 0.178 e. The lowest BCUT2D eigenvalue weighted by molar-refractivity contribution is 0.210. The zero-order valence-electron chi connectivity index (χ0n) is 14.4. The summed E-state index contributed by atoms with van der Waals surface area (Å²) in [4.78, 5) is 5.81. The minimum absolute atomic E-state index is 0. The number of allylic oxidation sites excluding steroid dienone is 1. The van der Waals surface area contributed by atoms with Crippen molar-refractivity contribution < 1.29 is 0 Å². The molecule has 0 amide bonds. The van der Waals surface area contributed by atoms with E-state index in [-0.39, 0.29) is 12.4 Å². The maximum absolute atomic E-state index is 6.30. The molecule has 3 rings (SSSR count). The van der Waals surface area contributed by atoms with Gasteiger partial charge in [0.25, 0.3) is 0 Å². The zero-order valence-corrected chi connectivity index (χ0v) is 16.8. The Morgan fingerprint density at radius 3 is 2.75 bits per heavy atom. The molecule has 1 aliphatic rings. The highest BCUT2D eigenvalue weighted by Crippen LogP contribution is 2.29. The number of nitrogens with one attached hydrogen (secondary N) is 1. The van der Waals surface area contributed by atoms with Crippen LogP contribution in [-0.2, 0) is 13.1 Å². The molecule has 1 N–H and O–H groups in total. The number of nitrogens with zero attached hydrogens (tertiary/aromatic N) is 2. The molecule has 132 valence electrons. The van der Waals surface area contributed by atoms with Crippen molar-refractivity contribution in [3.8, 4) is 0 Å². The number of hydrogen-bond donors (Lipinski definition) is 1. The Morgan fingerprint density at radius 1 is 1.38 bits per heavy atom. The van der Waals surface area contributed by atoms with Crippen LogP contribution in [0.1, 0.15) is 39.2 Å². The third-order valence-electron chi connectivity index (χ3n) is 4.88. The number of imidazole rings is 1. The summed E-state index contributed by atoms with van der Waals surface area (Å²) < 4.78 is 3.02. The maximum atomic E-state index is 6.30. The standard InChI is InChI=1S/C18H24ClN3S.ClH/c1-4-13(5-2)6-7-21-11-14-8-15(19)9-16-17(14)22(10-12(21)3)18(23)20-16;/h6,8-9,12H,4-5,7,10-11H2,1-3H3,(H,20,23);1H/t12-;/m0./s1. The molecule has 0 bridgehead atoms. The highest BCUT2D eigenvalue weighted by Gasteiger charge is 2.23. The fourth-order valence-corrected chi connectivity index (χ4v) is 3.95. The van der Waals surface area contributed by atoms with Gasteiger partial charge < -0.3 is 9.55 Å². The van der Waals surface area contributed by atoms with Crippen LogP contribution in [0.3, 0.4) is 0 Å². The number of aromatic amines is 1. The third-order valence-corrected chi connectivity index (χ3v) is 5.42. The number of aromatic nitrogens is 2. The zero-order chi connectivity index (χ0) is 16.6. The monoisotopic (exact) mass is 385 g/mol. The van der Waals surface area contributed by atoms with E-state index < -0.39 is 0 Å². The van der Waals surface area contributed by atoms with E-state index in [0.717, 1.165) is 47.8 Å². The summed E-state index contributed by atoms with van der Waals surface area (Å²) in [5.41, 5.74) is 5.04. The molecule has 0 radical (unpaired) electrons. The first kappa shape index (κ1) is 19.5. The Kier molecular flexibility index (Phi) is 6.54. The fourth-order valence-electron chi connectivity index (χ4n) is 3.43. The number of halogens is 2. The van der Waals surface area contributed by atoms with E-state index in [1.165, 1.54) is 16.7 Å². The van der Waals surface area contributed by atoms with E-state index in [9.17, 15) is 0 Å². The second kappa shape index (κ2) is 8.05. The van der Waals surface area contributed by atoms with Gasteiger partial charge in [0.1, 0.15) is 0 Å². The van der Waals surface area contributed by atoms with Gasteiger partial charge in [-0.15, -0.1) is 12.4 Å². The molecule has 2 heterocycles. The SMILES string of the molecule is CCC(=CCN1Cc2cc(Cl)cc3[nH]c(=S)n(c23)C[C@@H]1C)CC.Cl. The van der Waals surface area contributed by atoms with Gasteiger partial charge in [-0.1, -0.05) is 37.1 Å². The lowest BCUT2D eigenvalue weighted by Gasteiger charge is -2.26. The van der Waals surface area contributed by atoms with Crippen molar-refractivity contribution in [1.82, 2.24) is 14.5 Å². The van der Waals surface area contributed by atoms with E-state index in [2.05, 4.69) is 47.4 Å². The molecular weight excluding hydrogens is 361 g/mol. The van der Waals surface area contributed by atoms with Crippen LogP contribution in [0.2, 0.25) is 5.02 Å². The quantitative estimate of drug-likeness (QED) is 0.536. The summed E-state index contributed by atoms with van der Waals surface area (Å²) in [6.45, 7) is 9.53. The molecule has 3 nitrogen and oxygen atoms in total. The average molecular weight is 386 g/mol. The van der Waals surface area contributed by atoms with Crippen molar-refractivity contribution in [2.75, 3.05) is 6.54 Å². The summed E-state index contributed by atoms with van der Waals surface area (Å²) in [5, 5.41) is 0.767. The molecule has 0 aliphatic carbocycles. The minimum Gasteiger partial charge on any atom is -0.331 e. The Balaban J connectivity index is 0.00000208. The predicted molar refractivity (Wildman–Crippen MR) is 108 cm³/mol. The van der Waals surface area contributed by atoms with Gasteiger partial charge in [0.05, 0.1) is 11.0 Å². The van der Waals surface area contributed by atoms with Crippen LogP contribution in [0.25, 0.3) is 11.0 Å². The van der Waals surface area contributed by atoms with Crippen molar-refractivity contribution in [2.24, 2.45) is 0 Å².